The number of hydrogen-bond acceptors (Lipinski definition) is 3. The largest absolute Gasteiger partial charge is 0.497 e. The molecule has 0 saturated heterocycles. The Morgan fingerprint density at radius 1 is 0.794 bits per heavy atom. The number of methoxy groups -OCH3 is 1. The molecule has 4 heteroatoms. The van der Waals surface area contributed by atoms with E-state index in [-0.39, 0.29) is 5.78 Å². The summed E-state index contributed by atoms with van der Waals surface area (Å²) in [4.78, 5) is 14.0. The van der Waals surface area contributed by atoms with E-state index in [1.54, 1.807) is 31.4 Å². The van der Waals surface area contributed by atoms with Gasteiger partial charge in [-0.25, -0.2) is 0 Å². The van der Waals surface area contributed by atoms with E-state index in [2.05, 4.69) is 20.4 Å². The van der Waals surface area contributed by atoms with Crippen molar-refractivity contribution in [2.75, 3.05) is 7.11 Å². The fourth-order valence-corrected chi connectivity index (χ4v) is 6.94. The van der Waals surface area contributed by atoms with Crippen molar-refractivity contribution in [3.63, 3.8) is 0 Å². The zero-order valence-corrected chi connectivity index (χ0v) is 21.2. The van der Waals surface area contributed by atoms with Gasteiger partial charge in [0.15, 0.2) is 12.9 Å². The Balaban J connectivity index is 2.26. The van der Waals surface area contributed by atoms with Crippen molar-refractivity contribution in [3.8, 4) is 5.75 Å². The number of allylic oxidation sites excluding steroid dienone is 3. The lowest BCUT2D eigenvalue weighted by Crippen LogP contribution is -2.21. The van der Waals surface area contributed by atoms with Crippen LogP contribution in [-0.2, 0) is 4.57 Å². The second kappa shape index (κ2) is 11.8. The molecule has 0 bridgehead atoms. The molecule has 0 atom stereocenters. The van der Waals surface area contributed by atoms with Crippen LogP contribution in [0.2, 0.25) is 0 Å². The summed E-state index contributed by atoms with van der Waals surface area (Å²) in [6.07, 6.45) is 3.30. The molecule has 0 aliphatic rings. The Morgan fingerprint density at radius 2 is 1.26 bits per heavy atom. The van der Waals surface area contributed by atoms with Gasteiger partial charge in [0, 0.05) is 27.1 Å². The first-order valence-corrected chi connectivity index (χ1v) is 13.5. The molecule has 0 radical (unpaired) electrons. The minimum absolute atomic E-state index is 0.142. The third-order valence-corrected chi connectivity index (χ3v) is 8.98. The molecule has 0 aromatic heterocycles. The normalized spacial score (nSPS) is 11.0. The van der Waals surface area contributed by atoms with E-state index in [0.29, 0.717) is 32.8 Å². The van der Waals surface area contributed by atoms with Crippen molar-refractivity contribution >= 4 is 23.5 Å². The summed E-state index contributed by atoms with van der Waals surface area (Å²) in [7, 11) is -1.76. The molecule has 3 nitrogen and oxygen atoms in total. The van der Waals surface area contributed by atoms with Gasteiger partial charge >= 0.3 is 0 Å². The van der Waals surface area contributed by atoms with Crippen molar-refractivity contribution in [2.24, 2.45) is 0 Å². The fourth-order valence-electron chi connectivity index (χ4n) is 4.25. The molecule has 0 fully saturated rings. The van der Waals surface area contributed by atoms with Crippen molar-refractivity contribution < 1.29 is 14.1 Å². The summed E-state index contributed by atoms with van der Waals surface area (Å²) >= 11 is 0. The van der Waals surface area contributed by atoms with Crippen LogP contribution in [0.4, 0.5) is 0 Å². The quantitative estimate of drug-likeness (QED) is 0.127. The smallest absolute Gasteiger partial charge is 0.193 e. The summed E-state index contributed by atoms with van der Waals surface area (Å²) < 4.78 is 20.3. The summed E-state index contributed by atoms with van der Waals surface area (Å²) in [5.41, 5.74) is 2.06. The van der Waals surface area contributed by atoms with Crippen LogP contribution < -0.4 is 15.3 Å². The molecule has 176 valence electrons. The Kier molecular flexibility index (Phi) is 8.85. The molecular weight excluding hydrogens is 439 g/mol. The summed E-state index contributed by atoms with van der Waals surface area (Å²) in [6, 6.07) is 25.9. The Bertz CT molecular complexity index is 1140. The molecule has 0 saturated carbocycles. The molecule has 0 N–H and O–H groups in total. The number of hydrogen-bond donors (Lipinski definition) is 0. The highest BCUT2D eigenvalue weighted by Crippen LogP contribution is 2.55. The molecule has 34 heavy (non-hydrogen) atoms. The molecule has 0 heterocycles. The molecule has 3 rings (SSSR count). The lowest BCUT2D eigenvalue weighted by Gasteiger charge is -2.25. The van der Waals surface area contributed by atoms with Gasteiger partial charge in [0.1, 0.15) is 5.75 Å². The first-order valence-electron chi connectivity index (χ1n) is 11.8. The van der Waals surface area contributed by atoms with Gasteiger partial charge < -0.3 is 9.30 Å². The van der Waals surface area contributed by atoms with E-state index >= 15 is 4.57 Å². The van der Waals surface area contributed by atoms with E-state index in [1.807, 2.05) is 60.7 Å². The SMILES string of the molecule is C=C(C(C(=O)c1ccc(OC)cc1)=C(CCC)CCC)P(=O)(c1ccccc1)c1ccccc1. The topological polar surface area (TPSA) is 43.4 Å². The van der Waals surface area contributed by atoms with Crippen LogP contribution in [0.25, 0.3) is 0 Å². The van der Waals surface area contributed by atoms with Crippen LogP contribution in [0.3, 0.4) is 0 Å². The van der Waals surface area contributed by atoms with E-state index in [0.717, 1.165) is 31.3 Å². The summed E-state index contributed by atoms with van der Waals surface area (Å²) in [5, 5.41) is 1.76. The van der Waals surface area contributed by atoms with E-state index in [9.17, 15) is 4.79 Å². The zero-order valence-electron chi connectivity index (χ0n) is 20.3. The van der Waals surface area contributed by atoms with Gasteiger partial charge in [0.25, 0.3) is 0 Å². The van der Waals surface area contributed by atoms with Gasteiger partial charge in [-0.2, -0.15) is 0 Å². The van der Waals surface area contributed by atoms with Crippen LogP contribution in [0.15, 0.2) is 108 Å². The first kappa shape index (κ1) is 25.5. The Labute approximate surface area is 203 Å². The number of benzene rings is 3. The average Bonchev–Trinajstić information content (AvgIpc) is 2.89. The van der Waals surface area contributed by atoms with E-state index < -0.39 is 7.14 Å². The number of ether oxygens (including phenoxy) is 1. The van der Waals surface area contributed by atoms with Crippen LogP contribution >= 0.6 is 7.14 Å². The zero-order chi connectivity index (χ0) is 24.6. The van der Waals surface area contributed by atoms with E-state index in [4.69, 9.17) is 4.74 Å². The van der Waals surface area contributed by atoms with Crippen LogP contribution in [0.5, 0.6) is 5.75 Å². The van der Waals surface area contributed by atoms with Crippen LogP contribution in [0, 0.1) is 0 Å². The third kappa shape index (κ3) is 5.32. The second-order valence-corrected chi connectivity index (χ2v) is 11.1. The maximum absolute atomic E-state index is 15.0. The highest BCUT2D eigenvalue weighted by Gasteiger charge is 2.36. The molecule has 0 aliphatic heterocycles. The minimum Gasteiger partial charge on any atom is -0.497 e. The molecule has 0 unspecified atom stereocenters. The summed E-state index contributed by atoms with van der Waals surface area (Å²) in [5.74, 6) is 0.541. The Hall–Kier alpha value is -3.16. The molecule has 3 aromatic carbocycles. The highest BCUT2D eigenvalue weighted by atomic mass is 31.2. The van der Waals surface area contributed by atoms with Gasteiger partial charge in [-0.1, -0.05) is 99.5 Å². The predicted molar refractivity (Wildman–Crippen MR) is 143 cm³/mol. The monoisotopic (exact) mass is 472 g/mol. The van der Waals surface area contributed by atoms with Crippen LogP contribution in [0.1, 0.15) is 49.9 Å². The first-order chi connectivity index (χ1) is 16.5. The maximum Gasteiger partial charge on any atom is 0.193 e. The average molecular weight is 473 g/mol. The molecule has 0 spiro atoms. The number of carbonyl (C=O) groups excluding carboxylic acids is 1. The van der Waals surface area contributed by atoms with Crippen molar-refractivity contribution in [3.05, 3.63) is 114 Å². The molecule has 0 amide bonds. The number of rotatable bonds is 11. The van der Waals surface area contributed by atoms with Gasteiger partial charge in [-0.3, -0.25) is 4.79 Å². The van der Waals surface area contributed by atoms with Gasteiger partial charge in [0.05, 0.1) is 7.11 Å². The maximum atomic E-state index is 15.0. The lowest BCUT2D eigenvalue weighted by molar-refractivity contribution is 0.103. The number of carbonyl (C=O) groups is 1. The number of Topliss-reactive ketones (excluding diaryl/α,β-unsaturated/α-hetero) is 1. The predicted octanol–water partition coefficient (Wildman–Crippen LogP) is 7.30. The molecular formula is C30H33O3P. The number of ketones is 1. The van der Waals surface area contributed by atoms with E-state index in [1.165, 1.54) is 0 Å². The highest BCUT2D eigenvalue weighted by molar-refractivity contribution is 7.82. The summed E-state index contributed by atoms with van der Waals surface area (Å²) in [6.45, 7) is 8.58. The van der Waals surface area contributed by atoms with Crippen LogP contribution in [-0.4, -0.2) is 12.9 Å². The standard InChI is InChI=1S/C30H33O3P/c1-5-13-24(14-6-2)29(30(31)25-19-21-26(33-4)22-20-25)23(3)34(32,27-15-9-7-10-16-27)28-17-11-8-12-18-28/h7-12,15-22H,3,5-6,13-14H2,1-2,4H3. The van der Waals surface area contributed by atoms with Crippen molar-refractivity contribution in [2.45, 2.75) is 39.5 Å². The fraction of sp³-hybridized carbons (Fsp3) is 0.233. The minimum atomic E-state index is -3.36. The van der Waals surface area contributed by atoms with Gasteiger partial charge in [-0.05, 0) is 37.1 Å². The lowest BCUT2D eigenvalue weighted by atomic mass is 9.93. The third-order valence-electron chi connectivity index (χ3n) is 5.94. The molecule has 3 aromatic rings. The van der Waals surface area contributed by atoms with Gasteiger partial charge in [-0.15, -0.1) is 0 Å². The second-order valence-electron chi connectivity index (χ2n) is 8.26. The van der Waals surface area contributed by atoms with Gasteiger partial charge in [0.2, 0.25) is 0 Å². The molecule has 0 aliphatic carbocycles. The van der Waals surface area contributed by atoms with Crippen molar-refractivity contribution in [1.82, 2.24) is 0 Å². The Morgan fingerprint density at radius 3 is 1.68 bits per heavy atom. The van der Waals surface area contributed by atoms with Crippen molar-refractivity contribution in [1.29, 1.82) is 0 Å².